The van der Waals surface area contributed by atoms with E-state index in [1.54, 1.807) is 0 Å². The van der Waals surface area contributed by atoms with Crippen molar-refractivity contribution in [3.05, 3.63) is 0 Å². The molecule has 0 saturated carbocycles. The fourth-order valence-electron chi connectivity index (χ4n) is 3.18. The molecule has 0 unspecified atom stereocenters. The Labute approximate surface area is 133 Å². The van der Waals surface area contributed by atoms with Gasteiger partial charge in [0.15, 0.2) is 0 Å². The standard InChI is InChI=1S/C19H39N2/c1-3-4-5-6-7-8-9-10-11-12-13-14-15-16-21-18-17-20(2)19-21/h19H,3-18H2,1-2H3/q+1. The molecule has 1 heterocycles. The van der Waals surface area contributed by atoms with Gasteiger partial charge < -0.3 is 0 Å². The predicted molar refractivity (Wildman–Crippen MR) is 94.4 cm³/mol. The van der Waals surface area contributed by atoms with E-state index in [1.807, 2.05) is 0 Å². The number of nitrogens with zero attached hydrogens (tertiary/aromatic N) is 2. The molecule has 0 N–H and O–H groups in total. The summed E-state index contributed by atoms with van der Waals surface area (Å²) >= 11 is 0. The van der Waals surface area contributed by atoms with Crippen LogP contribution in [0.3, 0.4) is 0 Å². The molecule has 0 aromatic rings. The van der Waals surface area contributed by atoms with Gasteiger partial charge in [0, 0.05) is 0 Å². The molecule has 0 saturated heterocycles. The van der Waals surface area contributed by atoms with Gasteiger partial charge in [0.1, 0.15) is 13.1 Å². The Kier molecular flexibility index (Phi) is 11.6. The molecule has 2 nitrogen and oxygen atoms in total. The predicted octanol–water partition coefficient (Wildman–Crippen LogP) is 5.06. The Morgan fingerprint density at radius 3 is 1.67 bits per heavy atom. The fraction of sp³-hybridized carbons (Fsp3) is 0.947. The quantitative estimate of drug-likeness (QED) is 0.320. The Morgan fingerprint density at radius 2 is 1.24 bits per heavy atom. The lowest BCUT2D eigenvalue weighted by atomic mass is 10.0. The summed E-state index contributed by atoms with van der Waals surface area (Å²) in [5.41, 5.74) is 0. The van der Waals surface area contributed by atoms with Crippen LogP contribution in [0.25, 0.3) is 0 Å². The lowest BCUT2D eigenvalue weighted by Crippen LogP contribution is -2.20. The minimum Gasteiger partial charge on any atom is -0.267 e. The van der Waals surface area contributed by atoms with Crippen LogP contribution < -0.4 is 0 Å². The van der Waals surface area contributed by atoms with E-state index in [2.05, 4.69) is 29.8 Å². The maximum Gasteiger partial charge on any atom is 0.234 e. The molecule has 1 rings (SSSR count). The molecule has 2 heteroatoms. The Hall–Kier alpha value is -0.530. The molecule has 124 valence electrons. The highest BCUT2D eigenvalue weighted by Gasteiger charge is 2.14. The first-order valence-electron chi connectivity index (χ1n) is 9.62. The van der Waals surface area contributed by atoms with Gasteiger partial charge in [-0.2, -0.15) is 0 Å². The topological polar surface area (TPSA) is 6.25 Å². The lowest BCUT2D eigenvalue weighted by molar-refractivity contribution is -0.482. The van der Waals surface area contributed by atoms with Gasteiger partial charge in [-0.15, -0.1) is 0 Å². The molecule has 0 aliphatic carbocycles. The summed E-state index contributed by atoms with van der Waals surface area (Å²) in [7, 11) is 2.17. The summed E-state index contributed by atoms with van der Waals surface area (Å²) < 4.78 is 2.29. The zero-order valence-corrected chi connectivity index (χ0v) is 14.8. The maximum absolute atomic E-state index is 2.47. The minimum absolute atomic E-state index is 1.21. The molecular weight excluding hydrogens is 256 g/mol. The van der Waals surface area contributed by atoms with E-state index in [4.69, 9.17) is 0 Å². The van der Waals surface area contributed by atoms with Crippen molar-refractivity contribution in [1.29, 1.82) is 0 Å². The first-order valence-corrected chi connectivity index (χ1v) is 9.62. The summed E-state index contributed by atoms with van der Waals surface area (Å²) in [6.45, 7) is 6.00. The third kappa shape index (κ3) is 10.8. The highest BCUT2D eigenvalue weighted by molar-refractivity contribution is 5.50. The molecule has 0 amide bonds. The Bertz CT molecular complexity index is 260. The molecule has 21 heavy (non-hydrogen) atoms. The van der Waals surface area contributed by atoms with Crippen LogP contribution in [0, 0.1) is 0 Å². The van der Waals surface area contributed by atoms with E-state index in [-0.39, 0.29) is 0 Å². The molecule has 0 atom stereocenters. The van der Waals surface area contributed by atoms with Gasteiger partial charge in [0.05, 0.1) is 13.6 Å². The van der Waals surface area contributed by atoms with Crippen molar-refractivity contribution < 1.29 is 4.58 Å². The third-order valence-electron chi connectivity index (χ3n) is 4.65. The molecule has 1 aliphatic heterocycles. The lowest BCUT2D eigenvalue weighted by Gasteiger charge is -2.06. The number of rotatable bonds is 14. The normalized spacial score (nSPS) is 14.8. The zero-order valence-electron chi connectivity index (χ0n) is 14.8. The van der Waals surface area contributed by atoms with Crippen LogP contribution in [0.2, 0.25) is 0 Å². The smallest absolute Gasteiger partial charge is 0.234 e. The summed E-state index contributed by atoms with van der Waals surface area (Å²) in [4.78, 5) is 2.47. The van der Waals surface area contributed by atoms with Gasteiger partial charge in [-0.3, -0.25) is 9.48 Å². The van der Waals surface area contributed by atoms with Gasteiger partial charge in [-0.25, -0.2) is 0 Å². The van der Waals surface area contributed by atoms with Crippen LogP contribution in [0.5, 0.6) is 0 Å². The van der Waals surface area contributed by atoms with Gasteiger partial charge in [-0.1, -0.05) is 77.6 Å². The second-order valence-electron chi connectivity index (χ2n) is 6.87. The number of likely N-dealkylation sites (N-methyl/N-ethyl adjacent to an activating group) is 1. The van der Waals surface area contributed by atoms with Crippen LogP contribution in [0.4, 0.5) is 0 Å². The molecule has 0 radical (unpaired) electrons. The van der Waals surface area contributed by atoms with Gasteiger partial charge in [0.2, 0.25) is 6.34 Å². The van der Waals surface area contributed by atoms with Gasteiger partial charge in [-0.05, 0) is 12.8 Å². The Balaban J connectivity index is 1.71. The van der Waals surface area contributed by atoms with Crippen LogP contribution in [0.15, 0.2) is 0 Å². The van der Waals surface area contributed by atoms with E-state index in [0.717, 1.165) is 0 Å². The molecule has 0 aromatic heterocycles. The fourth-order valence-corrected chi connectivity index (χ4v) is 3.18. The van der Waals surface area contributed by atoms with Crippen molar-refractivity contribution in [3.8, 4) is 0 Å². The van der Waals surface area contributed by atoms with E-state index in [1.165, 1.54) is 103 Å². The molecule has 1 aliphatic rings. The van der Waals surface area contributed by atoms with Crippen molar-refractivity contribution in [2.45, 2.75) is 90.4 Å². The molecule has 0 fully saturated rings. The van der Waals surface area contributed by atoms with Crippen molar-refractivity contribution in [2.75, 3.05) is 26.7 Å². The molecule has 0 aromatic carbocycles. The zero-order chi connectivity index (χ0) is 15.2. The highest BCUT2D eigenvalue weighted by atomic mass is 15.2. The highest BCUT2D eigenvalue weighted by Crippen LogP contribution is 2.12. The van der Waals surface area contributed by atoms with Crippen LogP contribution in [0.1, 0.15) is 90.4 Å². The van der Waals surface area contributed by atoms with Crippen molar-refractivity contribution in [2.24, 2.45) is 0 Å². The van der Waals surface area contributed by atoms with Crippen molar-refractivity contribution in [3.63, 3.8) is 0 Å². The monoisotopic (exact) mass is 295 g/mol. The second kappa shape index (κ2) is 13.2. The summed E-state index contributed by atoms with van der Waals surface area (Å²) in [5, 5.41) is 0. The molecule has 0 spiro atoms. The molecule has 0 bridgehead atoms. The van der Waals surface area contributed by atoms with Crippen molar-refractivity contribution in [1.82, 2.24) is 4.90 Å². The largest absolute Gasteiger partial charge is 0.267 e. The number of hydrogen-bond donors (Lipinski definition) is 0. The van der Waals surface area contributed by atoms with Crippen LogP contribution in [-0.4, -0.2) is 42.5 Å². The first-order chi connectivity index (χ1) is 10.3. The first kappa shape index (κ1) is 18.5. The van der Waals surface area contributed by atoms with Crippen LogP contribution >= 0.6 is 0 Å². The van der Waals surface area contributed by atoms with Gasteiger partial charge in [0.25, 0.3) is 0 Å². The SMILES string of the molecule is CCCCCCCCCCCCCCCN1C=[N+](C)CC1. The number of unbranched alkanes of at least 4 members (excludes halogenated alkanes) is 12. The maximum atomic E-state index is 2.47. The molecular formula is C19H39N2+. The van der Waals surface area contributed by atoms with Crippen molar-refractivity contribution >= 4 is 6.34 Å². The van der Waals surface area contributed by atoms with E-state index in [0.29, 0.717) is 0 Å². The van der Waals surface area contributed by atoms with E-state index >= 15 is 0 Å². The summed E-state index contributed by atoms with van der Waals surface area (Å²) in [6.07, 6.45) is 21.1. The number of hydrogen-bond acceptors (Lipinski definition) is 1. The summed E-state index contributed by atoms with van der Waals surface area (Å²) in [6, 6.07) is 0. The average molecular weight is 296 g/mol. The van der Waals surface area contributed by atoms with Gasteiger partial charge >= 0.3 is 0 Å². The van der Waals surface area contributed by atoms with E-state index < -0.39 is 0 Å². The summed E-state index contributed by atoms with van der Waals surface area (Å²) in [5.74, 6) is 0. The van der Waals surface area contributed by atoms with Crippen LogP contribution in [-0.2, 0) is 0 Å². The minimum atomic E-state index is 1.21. The third-order valence-corrected chi connectivity index (χ3v) is 4.65. The average Bonchev–Trinajstić information content (AvgIpc) is 2.89. The van der Waals surface area contributed by atoms with E-state index in [9.17, 15) is 0 Å². The Morgan fingerprint density at radius 1 is 0.762 bits per heavy atom. The second-order valence-corrected chi connectivity index (χ2v) is 6.87.